The number of hydrogen-bond acceptors (Lipinski definition) is 4. The van der Waals surface area contributed by atoms with Crippen molar-refractivity contribution >= 4 is 23.1 Å². The van der Waals surface area contributed by atoms with Crippen LogP contribution in [-0.2, 0) is 6.42 Å². The molecule has 0 fully saturated rings. The molecule has 174 valence electrons. The first-order valence-corrected chi connectivity index (χ1v) is 12.9. The third kappa shape index (κ3) is 3.86. The molecule has 5 heteroatoms. The van der Waals surface area contributed by atoms with Crippen LogP contribution in [0.25, 0.3) is 11.8 Å². The lowest BCUT2D eigenvalue weighted by Crippen LogP contribution is -2.38. The van der Waals surface area contributed by atoms with E-state index in [1.54, 1.807) is 0 Å². The SMILES string of the molecule is CCOc1ccc(C=c2sc3n(c2=O)C(c2ccc(C)cc2)C2=C(N=3)c3ccccc3CC2)cc1. The van der Waals surface area contributed by atoms with E-state index in [1.165, 1.54) is 33.6 Å². The first kappa shape index (κ1) is 21.8. The Morgan fingerprint density at radius 2 is 1.80 bits per heavy atom. The van der Waals surface area contributed by atoms with E-state index in [0.29, 0.717) is 11.1 Å². The van der Waals surface area contributed by atoms with E-state index >= 15 is 0 Å². The number of rotatable bonds is 4. The van der Waals surface area contributed by atoms with Crippen molar-refractivity contribution in [3.8, 4) is 5.75 Å². The third-order valence-corrected chi connectivity index (χ3v) is 7.74. The van der Waals surface area contributed by atoms with Crippen LogP contribution in [0, 0.1) is 6.92 Å². The van der Waals surface area contributed by atoms with Crippen molar-refractivity contribution in [1.82, 2.24) is 4.57 Å². The van der Waals surface area contributed by atoms with Crippen molar-refractivity contribution in [2.24, 2.45) is 4.99 Å². The van der Waals surface area contributed by atoms with Gasteiger partial charge in [0.15, 0.2) is 4.80 Å². The highest BCUT2D eigenvalue weighted by Crippen LogP contribution is 2.41. The maximum atomic E-state index is 13.8. The second-order valence-electron chi connectivity index (χ2n) is 9.03. The van der Waals surface area contributed by atoms with Gasteiger partial charge in [-0.25, -0.2) is 4.99 Å². The summed E-state index contributed by atoms with van der Waals surface area (Å²) in [6.45, 7) is 4.69. The van der Waals surface area contributed by atoms with E-state index < -0.39 is 0 Å². The van der Waals surface area contributed by atoms with Gasteiger partial charge in [0.1, 0.15) is 5.75 Å². The van der Waals surface area contributed by atoms with E-state index in [9.17, 15) is 4.79 Å². The molecular weight excluding hydrogens is 452 g/mol. The van der Waals surface area contributed by atoms with Crippen molar-refractivity contribution in [3.63, 3.8) is 0 Å². The van der Waals surface area contributed by atoms with Crippen molar-refractivity contribution in [2.45, 2.75) is 32.7 Å². The van der Waals surface area contributed by atoms with E-state index in [0.717, 1.165) is 40.2 Å². The topological polar surface area (TPSA) is 43.6 Å². The van der Waals surface area contributed by atoms with E-state index in [-0.39, 0.29) is 11.6 Å². The number of ether oxygens (including phenoxy) is 1. The molecule has 0 bridgehead atoms. The predicted molar refractivity (Wildman–Crippen MR) is 142 cm³/mol. The number of fused-ring (bicyclic) bond motifs is 3. The normalized spacial score (nSPS) is 16.9. The number of aromatic nitrogens is 1. The van der Waals surface area contributed by atoms with Gasteiger partial charge in [-0.05, 0) is 67.2 Å². The Kier molecular flexibility index (Phi) is 5.50. The van der Waals surface area contributed by atoms with Gasteiger partial charge in [0.25, 0.3) is 5.56 Å². The molecular formula is C30H26N2O2S. The summed E-state index contributed by atoms with van der Waals surface area (Å²) < 4.78 is 8.16. The van der Waals surface area contributed by atoms with Crippen LogP contribution in [0.2, 0.25) is 0 Å². The molecule has 1 aromatic heterocycles. The number of aryl methyl sites for hydroxylation is 2. The summed E-state index contributed by atoms with van der Waals surface area (Å²) in [5.41, 5.74) is 8.10. The lowest BCUT2D eigenvalue weighted by atomic mass is 9.83. The quantitative estimate of drug-likeness (QED) is 0.413. The molecule has 0 saturated carbocycles. The van der Waals surface area contributed by atoms with E-state index in [2.05, 4.69) is 55.5 Å². The molecule has 0 N–H and O–H groups in total. The molecule has 4 aromatic rings. The Balaban J connectivity index is 1.55. The fourth-order valence-corrected chi connectivity index (χ4v) is 6.05. The highest BCUT2D eigenvalue weighted by molar-refractivity contribution is 7.07. The molecule has 1 aliphatic heterocycles. The number of benzene rings is 3. The third-order valence-electron chi connectivity index (χ3n) is 6.75. The minimum atomic E-state index is -0.141. The lowest BCUT2D eigenvalue weighted by molar-refractivity contribution is 0.340. The minimum absolute atomic E-state index is 0.0126. The van der Waals surface area contributed by atoms with Crippen LogP contribution in [0.5, 0.6) is 5.75 Å². The van der Waals surface area contributed by atoms with Crippen LogP contribution in [0.1, 0.15) is 47.2 Å². The second kappa shape index (κ2) is 8.82. The van der Waals surface area contributed by atoms with Crippen LogP contribution >= 0.6 is 11.3 Å². The van der Waals surface area contributed by atoms with E-state index in [1.807, 2.05) is 41.8 Å². The van der Waals surface area contributed by atoms with Crippen molar-refractivity contribution in [3.05, 3.63) is 126 Å². The van der Waals surface area contributed by atoms with E-state index in [4.69, 9.17) is 9.73 Å². The summed E-state index contributed by atoms with van der Waals surface area (Å²) in [6.07, 6.45) is 3.82. The first-order chi connectivity index (χ1) is 17.1. The van der Waals surface area contributed by atoms with Gasteiger partial charge < -0.3 is 4.74 Å². The number of hydrogen-bond donors (Lipinski definition) is 0. The molecule has 2 aliphatic rings. The molecule has 0 radical (unpaired) electrons. The molecule has 0 spiro atoms. The Bertz CT molecular complexity index is 1620. The zero-order valence-corrected chi connectivity index (χ0v) is 20.6. The first-order valence-electron chi connectivity index (χ1n) is 12.0. The number of nitrogens with zero attached hydrogens (tertiary/aromatic N) is 2. The summed E-state index contributed by atoms with van der Waals surface area (Å²) in [7, 11) is 0. The summed E-state index contributed by atoms with van der Waals surface area (Å²) in [4.78, 5) is 19.6. The Labute approximate surface area is 208 Å². The average molecular weight is 479 g/mol. The number of thiazole rings is 1. The van der Waals surface area contributed by atoms with Crippen molar-refractivity contribution in [1.29, 1.82) is 0 Å². The van der Waals surface area contributed by atoms with Crippen molar-refractivity contribution < 1.29 is 4.74 Å². The molecule has 1 unspecified atom stereocenters. The van der Waals surface area contributed by atoms with Gasteiger partial charge in [0.05, 0.1) is 22.9 Å². The summed E-state index contributed by atoms with van der Waals surface area (Å²) >= 11 is 1.47. The standard InChI is InChI=1S/C30H26N2O2S/c1-3-34-23-15-10-20(11-16-23)18-26-29(33)32-28(22-12-8-19(2)9-13-22)25-17-14-21-6-4-5-7-24(21)27(25)31-30(32)35-26/h4-13,15-16,18,28H,3,14,17H2,1-2H3. The fraction of sp³-hybridized carbons (Fsp3) is 0.200. The minimum Gasteiger partial charge on any atom is -0.494 e. The molecule has 2 heterocycles. The Morgan fingerprint density at radius 3 is 2.57 bits per heavy atom. The van der Waals surface area contributed by atoms with Gasteiger partial charge in [-0.1, -0.05) is 77.6 Å². The molecule has 35 heavy (non-hydrogen) atoms. The van der Waals surface area contributed by atoms with Gasteiger partial charge in [-0.2, -0.15) is 0 Å². The maximum Gasteiger partial charge on any atom is 0.271 e. The van der Waals surface area contributed by atoms with Gasteiger partial charge in [0.2, 0.25) is 0 Å². The molecule has 1 atom stereocenters. The Morgan fingerprint density at radius 1 is 1.03 bits per heavy atom. The van der Waals surface area contributed by atoms with Crippen LogP contribution in [0.15, 0.2) is 88.2 Å². The van der Waals surface area contributed by atoms with Crippen LogP contribution in [0.3, 0.4) is 0 Å². The van der Waals surface area contributed by atoms with Gasteiger partial charge in [-0.15, -0.1) is 0 Å². The van der Waals surface area contributed by atoms with Crippen LogP contribution in [0.4, 0.5) is 0 Å². The fourth-order valence-electron chi connectivity index (χ4n) is 5.05. The van der Waals surface area contributed by atoms with Crippen LogP contribution in [-0.4, -0.2) is 11.2 Å². The highest BCUT2D eigenvalue weighted by atomic mass is 32.1. The average Bonchev–Trinajstić information content (AvgIpc) is 3.19. The second-order valence-corrected chi connectivity index (χ2v) is 10.0. The smallest absolute Gasteiger partial charge is 0.271 e. The summed E-state index contributed by atoms with van der Waals surface area (Å²) in [5.74, 6) is 0.830. The maximum absolute atomic E-state index is 13.8. The molecule has 6 rings (SSSR count). The molecule has 1 aliphatic carbocycles. The van der Waals surface area contributed by atoms with Gasteiger partial charge in [-0.3, -0.25) is 9.36 Å². The molecule has 0 saturated heterocycles. The molecule has 0 amide bonds. The largest absolute Gasteiger partial charge is 0.494 e. The monoisotopic (exact) mass is 478 g/mol. The van der Waals surface area contributed by atoms with Crippen LogP contribution < -0.4 is 19.6 Å². The van der Waals surface area contributed by atoms with Crippen molar-refractivity contribution in [2.75, 3.05) is 6.61 Å². The number of allylic oxidation sites excluding steroid dienone is 1. The Hall–Kier alpha value is -3.70. The molecule has 3 aromatic carbocycles. The highest BCUT2D eigenvalue weighted by Gasteiger charge is 2.32. The molecule has 4 nitrogen and oxygen atoms in total. The summed E-state index contributed by atoms with van der Waals surface area (Å²) in [5, 5.41) is 0. The van der Waals surface area contributed by atoms with Gasteiger partial charge in [0, 0.05) is 5.56 Å². The summed E-state index contributed by atoms with van der Waals surface area (Å²) in [6, 6.07) is 24.8. The zero-order valence-electron chi connectivity index (χ0n) is 19.8. The van der Waals surface area contributed by atoms with Gasteiger partial charge >= 0.3 is 0 Å². The zero-order chi connectivity index (χ0) is 23.9. The lowest BCUT2D eigenvalue weighted by Gasteiger charge is -2.30. The predicted octanol–water partition coefficient (Wildman–Crippen LogP) is 5.03.